The average Bonchev–Trinajstić information content (AvgIpc) is 3.53. The third kappa shape index (κ3) is 4.92. The van der Waals surface area contributed by atoms with Crippen LogP contribution in [0, 0.1) is 0 Å². The Balaban J connectivity index is 1.24. The van der Waals surface area contributed by atoms with E-state index in [1.807, 2.05) is 23.1 Å². The van der Waals surface area contributed by atoms with Crippen LogP contribution in [0.15, 0.2) is 48.8 Å². The van der Waals surface area contributed by atoms with Gasteiger partial charge in [0.2, 0.25) is 0 Å². The van der Waals surface area contributed by atoms with Gasteiger partial charge in [-0.25, -0.2) is 9.97 Å². The third-order valence-corrected chi connectivity index (χ3v) is 4.93. The maximum absolute atomic E-state index is 12.6. The molecule has 6 nitrogen and oxygen atoms in total. The maximum atomic E-state index is 12.6. The van der Waals surface area contributed by atoms with E-state index in [1.54, 1.807) is 12.4 Å². The fourth-order valence-electron chi connectivity index (χ4n) is 3.15. The summed E-state index contributed by atoms with van der Waals surface area (Å²) in [6.45, 7) is 4.10. The van der Waals surface area contributed by atoms with Crippen LogP contribution in [0.2, 0.25) is 0 Å². The number of aromatic nitrogens is 2. The molecule has 27 heavy (non-hydrogen) atoms. The van der Waals surface area contributed by atoms with Crippen molar-refractivity contribution in [3.05, 3.63) is 60.1 Å². The van der Waals surface area contributed by atoms with Gasteiger partial charge in [0.25, 0.3) is 5.91 Å². The van der Waals surface area contributed by atoms with E-state index >= 15 is 0 Å². The van der Waals surface area contributed by atoms with Crippen LogP contribution >= 0.6 is 0 Å². The van der Waals surface area contributed by atoms with Crippen molar-refractivity contribution in [3.63, 3.8) is 0 Å². The largest absolute Gasteiger partial charge is 0.366 e. The molecule has 4 rings (SSSR count). The second-order valence-corrected chi connectivity index (χ2v) is 7.11. The van der Waals surface area contributed by atoms with Crippen molar-refractivity contribution < 1.29 is 4.79 Å². The summed E-state index contributed by atoms with van der Waals surface area (Å²) in [6, 6.07) is 10.8. The van der Waals surface area contributed by atoms with E-state index in [2.05, 4.69) is 44.5 Å². The summed E-state index contributed by atoms with van der Waals surface area (Å²) in [4.78, 5) is 25.5. The van der Waals surface area contributed by atoms with Crippen LogP contribution in [-0.2, 0) is 0 Å². The lowest BCUT2D eigenvalue weighted by Crippen LogP contribution is -2.48. The molecule has 2 heterocycles. The third-order valence-electron chi connectivity index (χ3n) is 4.93. The van der Waals surface area contributed by atoms with E-state index in [0.29, 0.717) is 11.7 Å². The van der Waals surface area contributed by atoms with Gasteiger partial charge in [-0.1, -0.05) is 42.5 Å². The van der Waals surface area contributed by atoms with Crippen molar-refractivity contribution >= 4 is 17.8 Å². The number of benzene rings is 1. The first kappa shape index (κ1) is 17.7. The maximum Gasteiger partial charge on any atom is 0.274 e. The van der Waals surface area contributed by atoms with Crippen molar-refractivity contribution in [2.45, 2.75) is 18.9 Å². The van der Waals surface area contributed by atoms with Gasteiger partial charge in [-0.15, -0.1) is 0 Å². The number of piperazine rings is 1. The summed E-state index contributed by atoms with van der Waals surface area (Å²) in [5, 5.41) is 3.29. The van der Waals surface area contributed by atoms with Crippen molar-refractivity contribution in [2.24, 2.45) is 0 Å². The minimum absolute atomic E-state index is 0.0278. The molecule has 0 spiro atoms. The lowest BCUT2D eigenvalue weighted by Gasteiger charge is -2.33. The molecule has 0 unspecified atom stereocenters. The zero-order valence-corrected chi connectivity index (χ0v) is 15.4. The summed E-state index contributed by atoms with van der Waals surface area (Å²) < 4.78 is 0. The Labute approximate surface area is 159 Å². The van der Waals surface area contributed by atoms with Crippen LogP contribution in [0.25, 0.3) is 6.08 Å². The molecule has 6 heteroatoms. The molecule has 1 saturated carbocycles. The summed E-state index contributed by atoms with van der Waals surface area (Å²) >= 11 is 0. The summed E-state index contributed by atoms with van der Waals surface area (Å²) in [6.07, 6.45) is 9.95. The second kappa shape index (κ2) is 8.31. The topological polar surface area (TPSA) is 61.4 Å². The Morgan fingerprint density at radius 2 is 1.85 bits per heavy atom. The number of nitrogens with zero attached hydrogens (tertiary/aromatic N) is 4. The van der Waals surface area contributed by atoms with Crippen molar-refractivity contribution in [1.29, 1.82) is 0 Å². The van der Waals surface area contributed by atoms with Gasteiger partial charge in [-0.2, -0.15) is 0 Å². The van der Waals surface area contributed by atoms with Gasteiger partial charge >= 0.3 is 0 Å². The van der Waals surface area contributed by atoms with Gasteiger partial charge < -0.3 is 10.2 Å². The number of hydrogen-bond donors (Lipinski definition) is 1. The highest BCUT2D eigenvalue weighted by molar-refractivity contribution is 5.92. The monoisotopic (exact) mass is 363 g/mol. The highest BCUT2D eigenvalue weighted by Crippen LogP contribution is 2.23. The minimum atomic E-state index is -0.0278. The van der Waals surface area contributed by atoms with Gasteiger partial charge in [0, 0.05) is 38.8 Å². The Hall–Kier alpha value is -2.73. The van der Waals surface area contributed by atoms with E-state index in [9.17, 15) is 4.79 Å². The number of hydrogen-bond acceptors (Lipinski definition) is 5. The van der Waals surface area contributed by atoms with Crippen molar-refractivity contribution in [1.82, 2.24) is 19.8 Å². The number of anilines is 1. The lowest BCUT2D eigenvalue weighted by molar-refractivity contribution is 0.0644. The smallest absolute Gasteiger partial charge is 0.274 e. The first-order chi connectivity index (χ1) is 13.3. The van der Waals surface area contributed by atoms with Gasteiger partial charge in [-0.3, -0.25) is 9.69 Å². The minimum Gasteiger partial charge on any atom is -0.366 e. The normalized spacial score (nSPS) is 18.0. The second-order valence-electron chi connectivity index (χ2n) is 7.11. The summed E-state index contributed by atoms with van der Waals surface area (Å²) in [7, 11) is 0. The molecule has 1 aromatic heterocycles. The molecule has 0 bridgehead atoms. The molecular formula is C21H25N5O. The molecule has 0 atom stereocenters. The van der Waals surface area contributed by atoms with E-state index in [0.717, 1.165) is 38.5 Å². The molecule has 2 aromatic rings. The van der Waals surface area contributed by atoms with Gasteiger partial charge in [0.1, 0.15) is 11.5 Å². The van der Waals surface area contributed by atoms with Crippen LogP contribution in [-0.4, -0.2) is 64.4 Å². The molecule has 1 aromatic carbocycles. The Morgan fingerprint density at radius 3 is 2.52 bits per heavy atom. The van der Waals surface area contributed by atoms with Crippen LogP contribution in [0.4, 0.5) is 5.82 Å². The molecular weight excluding hydrogens is 338 g/mol. The molecule has 1 N–H and O–H groups in total. The van der Waals surface area contributed by atoms with Gasteiger partial charge in [0.15, 0.2) is 0 Å². The number of nitrogens with one attached hydrogen (secondary N) is 1. The average molecular weight is 363 g/mol. The summed E-state index contributed by atoms with van der Waals surface area (Å²) in [5.41, 5.74) is 1.64. The van der Waals surface area contributed by atoms with E-state index < -0.39 is 0 Å². The predicted octanol–water partition coefficient (Wildman–Crippen LogP) is 2.52. The fourth-order valence-corrected chi connectivity index (χ4v) is 3.15. The van der Waals surface area contributed by atoms with Crippen LogP contribution in [0.5, 0.6) is 0 Å². The molecule has 1 aliphatic heterocycles. The van der Waals surface area contributed by atoms with Crippen LogP contribution in [0.1, 0.15) is 28.9 Å². The number of rotatable bonds is 6. The van der Waals surface area contributed by atoms with Crippen LogP contribution in [0.3, 0.4) is 0 Å². The Morgan fingerprint density at radius 1 is 1.07 bits per heavy atom. The van der Waals surface area contributed by atoms with Crippen LogP contribution < -0.4 is 5.32 Å². The molecule has 1 aliphatic carbocycles. The van der Waals surface area contributed by atoms with E-state index in [1.165, 1.54) is 18.4 Å². The molecule has 140 valence electrons. The highest BCUT2D eigenvalue weighted by Gasteiger charge is 2.24. The Kier molecular flexibility index (Phi) is 5.44. The predicted molar refractivity (Wildman–Crippen MR) is 106 cm³/mol. The number of carbonyl (C=O) groups excluding carboxylic acids is 1. The lowest BCUT2D eigenvalue weighted by atomic mass is 10.2. The zero-order valence-electron chi connectivity index (χ0n) is 15.4. The van der Waals surface area contributed by atoms with E-state index in [-0.39, 0.29) is 5.91 Å². The SMILES string of the molecule is O=C(c1cnc(NC2CC2)cn1)N1CCN(C/C=C/c2ccccc2)CC1. The van der Waals surface area contributed by atoms with Gasteiger partial charge in [-0.05, 0) is 18.4 Å². The van der Waals surface area contributed by atoms with E-state index in [4.69, 9.17) is 0 Å². The molecule has 2 aliphatic rings. The standard InChI is InChI=1S/C21H25N5O/c27-21(19-15-23-20(16-22-19)24-18-8-9-18)26-13-11-25(12-14-26)10-4-7-17-5-2-1-3-6-17/h1-7,15-16,18H,8-14H2,(H,23,24)/b7-4+. The summed E-state index contributed by atoms with van der Waals surface area (Å²) in [5.74, 6) is 0.726. The molecule has 1 saturated heterocycles. The number of carbonyl (C=O) groups is 1. The zero-order chi connectivity index (χ0) is 18.5. The molecule has 1 amide bonds. The van der Waals surface area contributed by atoms with Crippen molar-refractivity contribution in [2.75, 3.05) is 38.0 Å². The quantitative estimate of drug-likeness (QED) is 0.855. The Bertz CT molecular complexity index is 778. The van der Waals surface area contributed by atoms with Gasteiger partial charge in [0.05, 0.1) is 12.4 Å². The first-order valence-corrected chi connectivity index (χ1v) is 9.60. The van der Waals surface area contributed by atoms with Crippen molar-refractivity contribution in [3.8, 4) is 0 Å². The molecule has 0 radical (unpaired) electrons. The highest BCUT2D eigenvalue weighted by atomic mass is 16.2. The fraction of sp³-hybridized carbons (Fsp3) is 0.381. The first-order valence-electron chi connectivity index (χ1n) is 9.60. The molecule has 2 fully saturated rings. The number of amides is 1.